The second-order valence-corrected chi connectivity index (χ2v) is 8.26. The highest BCUT2D eigenvalue weighted by Gasteiger charge is 2.61. The van der Waals surface area contributed by atoms with Crippen molar-refractivity contribution in [2.45, 2.75) is 44.9 Å². The third-order valence-electron chi connectivity index (χ3n) is 6.16. The van der Waals surface area contributed by atoms with Gasteiger partial charge in [-0.2, -0.15) is 0 Å². The molecule has 2 aliphatic rings. The number of nitrogens with two attached hydrogens (primary N) is 1. The van der Waals surface area contributed by atoms with E-state index < -0.39 is 0 Å². The summed E-state index contributed by atoms with van der Waals surface area (Å²) < 4.78 is 1.06. The molecule has 0 radical (unpaired) electrons. The molecule has 0 aliphatic heterocycles. The van der Waals surface area contributed by atoms with Crippen molar-refractivity contribution in [1.29, 1.82) is 0 Å². The summed E-state index contributed by atoms with van der Waals surface area (Å²) in [5.74, 6) is 0.903. The number of aromatic nitrogens is 2. The Labute approximate surface area is 139 Å². The minimum Gasteiger partial charge on any atom is -0.368 e. The number of rotatable bonds is 1. The van der Waals surface area contributed by atoms with Crippen LogP contribution in [0.15, 0.2) is 28.7 Å². The van der Waals surface area contributed by atoms with Crippen molar-refractivity contribution in [1.82, 2.24) is 9.97 Å². The van der Waals surface area contributed by atoms with Crippen LogP contribution in [0, 0.1) is 5.41 Å². The number of fused-ring (bicyclic) bond motifs is 5. The molecule has 1 heterocycles. The van der Waals surface area contributed by atoms with Crippen molar-refractivity contribution >= 4 is 21.9 Å². The van der Waals surface area contributed by atoms with Crippen LogP contribution in [0.3, 0.4) is 0 Å². The second kappa shape index (κ2) is 4.31. The van der Waals surface area contributed by atoms with E-state index in [2.05, 4.69) is 58.8 Å². The molecule has 2 aliphatic carbocycles. The van der Waals surface area contributed by atoms with E-state index in [1.807, 2.05) is 12.1 Å². The average Bonchev–Trinajstić information content (AvgIpc) is 2.78. The van der Waals surface area contributed by atoms with Crippen LogP contribution in [0.1, 0.15) is 50.8 Å². The Bertz CT molecular complexity index is 784. The summed E-state index contributed by atoms with van der Waals surface area (Å²) in [5, 5.41) is 0. The number of nitrogen functional groups attached to an aromatic ring is 1. The third-order valence-corrected chi connectivity index (χ3v) is 6.65. The number of hydrogen-bond donors (Lipinski definition) is 1. The zero-order valence-corrected chi connectivity index (χ0v) is 14.7. The van der Waals surface area contributed by atoms with Crippen LogP contribution in [0.25, 0.3) is 11.3 Å². The van der Waals surface area contributed by atoms with E-state index in [0.717, 1.165) is 15.7 Å². The van der Waals surface area contributed by atoms with Crippen LogP contribution in [0.5, 0.6) is 0 Å². The lowest BCUT2D eigenvalue weighted by molar-refractivity contribution is 0.227. The van der Waals surface area contributed by atoms with Gasteiger partial charge in [-0.1, -0.05) is 48.8 Å². The molecule has 4 rings (SSSR count). The van der Waals surface area contributed by atoms with Gasteiger partial charge in [0, 0.05) is 21.0 Å². The predicted octanol–water partition coefficient (Wildman–Crippen LogP) is 4.66. The maximum absolute atomic E-state index is 6.05. The standard InChI is InChI=1S/C18H20BrN3/c1-17(2)12-7-8-18(17,3)15-13(12)14(21-16(20)22-15)10-5-4-6-11(19)9-10/h4-6,9,12H,7-8H2,1-3H3,(H2,20,21,22). The first-order valence-corrected chi connectivity index (χ1v) is 8.58. The fraction of sp³-hybridized carbons (Fsp3) is 0.444. The summed E-state index contributed by atoms with van der Waals surface area (Å²) >= 11 is 3.56. The van der Waals surface area contributed by atoms with Crippen LogP contribution in [0.2, 0.25) is 0 Å². The molecule has 0 amide bonds. The summed E-state index contributed by atoms with van der Waals surface area (Å²) in [6.07, 6.45) is 2.40. The summed E-state index contributed by atoms with van der Waals surface area (Å²) in [4.78, 5) is 9.28. The van der Waals surface area contributed by atoms with Gasteiger partial charge in [0.05, 0.1) is 11.4 Å². The van der Waals surface area contributed by atoms with E-state index in [4.69, 9.17) is 5.73 Å². The van der Waals surface area contributed by atoms with E-state index >= 15 is 0 Å². The van der Waals surface area contributed by atoms with Gasteiger partial charge in [0.2, 0.25) is 5.95 Å². The van der Waals surface area contributed by atoms with Gasteiger partial charge < -0.3 is 5.73 Å². The highest BCUT2D eigenvalue weighted by molar-refractivity contribution is 9.10. The molecule has 1 fully saturated rings. The third kappa shape index (κ3) is 1.62. The lowest BCUT2D eigenvalue weighted by Crippen LogP contribution is -2.32. The number of benzene rings is 1. The van der Waals surface area contributed by atoms with Crippen LogP contribution >= 0.6 is 15.9 Å². The van der Waals surface area contributed by atoms with Crippen molar-refractivity contribution < 1.29 is 0 Å². The summed E-state index contributed by atoms with van der Waals surface area (Å²) in [7, 11) is 0. The Hall–Kier alpha value is -1.42. The first-order valence-electron chi connectivity index (χ1n) is 7.78. The molecule has 0 saturated heterocycles. The first kappa shape index (κ1) is 14.2. The second-order valence-electron chi connectivity index (χ2n) is 7.35. The summed E-state index contributed by atoms with van der Waals surface area (Å²) in [6.45, 7) is 7.08. The van der Waals surface area contributed by atoms with Gasteiger partial charge >= 0.3 is 0 Å². The van der Waals surface area contributed by atoms with Crippen LogP contribution in [0.4, 0.5) is 5.95 Å². The van der Waals surface area contributed by atoms with Crippen molar-refractivity contribution in [3.63, 3.8) is 0 Å². The molecule has 2 aromatic rings. The Morgan fingerprint density at radius 2 is 2.00 bits per heavy atom. The highest BCUT2D eigenvalue weighted by Crippen LogP contribution is 2.68. The fourth-order valence-electron chi connectivity index (χ4n) is 4.52. The minimum absolute atomic E-state index is 0.102. The van der Waals surface area contributed by atoms with Crippen LogP contribution < -0.4 is 5.73 Å². The Balaban J connectivity index is 2.02. The molecule has 2 N–H and O–H groups in total. The van der Waals surface area contributed by atoms with Gasteiger partial charge in [0.1, 0.15) is 0 Å². The van der Waals surface area contributed by atoms with Gasteiger partial charge in [-0.3, -0.25) is 0 Å². The Kier molecular flexibility index (Phi) is 2.78. The van der Waals surface area contributed by atoms with E-state index in [1.165, 1.54) is 24.1 Å². The van der Waals surface area contributed by atoms with Crippen molar-refractivity contribution in [3.8, 4) is 11.3 Å². The maximum atomic E-state index is 6.05. The van der Waals surface area contributed by atoms with Crippen LogP contribution in [-0.4, -0.2) is 9.97 Å². The van der Waals surface area contributed by atoms with Crippen molar-refractivity contribution in [3.05, 3.63) is 40.0 Å². The largest absolute Gasteiger partial charge is 0.368 e. The topological polar surface area (TPSA) is 51.8 Å². The lowest BCUT2D eigenvalue weighted by Gasteiger charge is -2.34. The van der Waals surface area contributed by atoms with Gasteiger partial charge in [0.15, 0.2) is 0 Å². The SMILES string of the molecule is CC12CCC(c3c(-c4cccc(Br)c4)nc(N)nc31)C2(C)C. The zero-order chi connectivity index (χ0) is 15.7. The molecule has 22 heavy (non-hydrogen) atoms. The normalized spacial score (nSPS) is 27.9. The molecule has 2 bridgehead atoms. The Morgan fingerprint density at radius 1 is 1.23 bits per heavy atom. The number of anilines is 1. The van der Waals surface area contributed by atoms with Crippen LogP contribution in [-0.2, 0) is 5.41 Å². The minimum atomic E-state index is 0.102. The van der Waals surface area contributed by atoms with Crippen molar-refractivity contribution in [2.75, 3.05) is 5.73 Å². The number of halogens is 1. The molecule has 1 aromatic heterocycles. The lowest BCUT2D eigenvalue weighted by atomic mass is 9.70. The Morgan fingerprint density at radius 3 is 2.73 bits per heavy atom. The molecule has 4 heteroatoms. The molecule has 1 aromatic carbocycles. The molecule has 3 nitrogen and oxygen atoms in total. The van der Waals surface area contributed by atoms with E-state index in [0.29, 0.717) is 11.9 Å². The molecular formula is C18H20BrN3. The monoisotopic (exact) mass is 357 g/mol. The molecule has 0 spiro atoms. The van der Waals surface area contributed by atoms with Crippen molar-refractivity contribution in [2.24, 2.45) is 5.41 Å². The van der Waals surface area contributed by atoms with E-state index in [9.17, 15) is 0 Å². The van der Waals surface area contributed by atoms with Gasteiger partial charge in [-0.15, -0.1) is 0 Å². The zero-order valence-electron chi connectivity index (χ0n) is 13.2. The quantitative estimate of drug-likeness (QED) is 0.806. The molecule has 114 valence electrons. The predicted molar refractivity (Wildman–Crippen MR) is 92.7 cm³/mol. The smallest absolute Gasteiger partial charge is 0.220 e. The highest BCUT2D eigenvalue weighted by atomic mass is 79.9. The molecule has 2 atom stereocenters. The molecule has 1 saturated carbocycles. The van der Waals surface area contributed by atoms with E-state index in [-0.39, 0.29) is 10.8 Å². The molecule has 2 unspecified atom stereocenters. The average molecular weight is 358 g/mol. The summed E-state index contributed by atoms with van der Waals surface area (Å²) in [5.41, 5.74) is 11.0. The van der Waals surface area contributed by atoms with Gasteiger partial charge in [-0.05, 0) is 36.3 Å². The van der Waals surface area contributed by atoms with Gasteiger partial charge in [-0.25, -0.2) is 9.97 Å². The first-order chi connectivity index (χ1) is 10.3. The molecular weight excluding hydrogens is 338 g/mol. The van der Waals surface area contributed by atoms with E-state index in [1.54, 1.807) is 0 Å². The maximum Gasteiger partial charge on any atom is 0.220 e. The fourth-order valence-corrected chi connectivity index (χ4v) is 4.92. The summed E-state index contributed by atoms with van der Waals surface area (Å²) in [6, 6.07) is 8.30. The number of hydrogen-bond acceptors (Lipinski definition) is 3. The number of nitrogens with zero attached hydrogens (tertiary/aromatic N) is 2. The van der Waals surface area contributed by atoms with Gasteiger partial charge in [0.25, 0.3) is 0 Å².